The Labute approximate surface area is 78.9 Å². The molecule has 0 atom stereocenters. The quantitative estimate of drug-likeness (QED) is 0.552. The van der Waals surface area contributed by atoms with E-state index < -0.39 is 0 Å². The summed E-state index contributed by atoms with van der Waals surface area (Å²) in [5.41, 5.74) is 0. The van der Waals surface area contributed by atoms with Gasteiger partial charge in [-0.3, -0.25) is 4.79 Å². The Hall–Kier alpha value is -0.0500. The van der Waals surface area contributed by atoms with Crippen molar-refractivity contribution in [3.63, 3.8) is 0 Å². The number of rotatable bonds is 3. The Morgan fingerprint density at radius 1 is 1.45 bits per heavy atom. The van der Waals surface area contributed by atoms with Gasteiger partial charge in [-0.1, -0.05) is 0 Å². The molecule has 0 aliphatic carbocycles. The molecule has 1 heterocycles. The first-order chi connectivity index (χ1) is 5.22. The lowest BCUT2D eigenvalue weighted by atomic mass is 10.4. The van der Waals surface area contributed by atoms with E-state index in [4.69, 9.17) is 23.2 Å². The molecular weight excluding hydrogens is 203 g/mol. The van der Waals surface area contributed by atoms with Gasteiger partial charge in [-0.05, 0) is 23.7 Å². The summed E-state index contributed by atoms with van der Waals surface area (Å²) in [6.07, 6.45) is 0.309. The Morgan fingerprint density at radius 3 is 2.55 bits per heavy atom. The van der Waals surface area contributed by atoms with Crippen molar-refractivity contribution in [3.05, 3.63) is 21.9 Å². The number of alkyl halides is 1. The summed E-state index contributed by atoms with van der Waals surface area (Å²) in [5.74, 6) is 0.501. The molecule has 0 aromatic carbocycles. The zero-order valence-corrected chi connectivity index (χ0v) is 7.97. The SMILES string of the molecule is O=C(Cl)Cc1ccc(CCl)s1. The average Bonchev–Trinajstić information content (AvgIpc) is 2.34. The van der Waals surface area contributed by atoms with Gasteiger partial charge in [0.25, 0.3) is 0 Å². The molecule has 0 radical (unpaired) electrons. The van der Waals surface area contributed by atoms with Crippen LogP contribution >= 0.6 is 34.5 Å². The Balaban J connectivity index is 2.65. The van der Waals surface area contributed by atoms with Crippen molar-refractivity contribution < 1.29 is 4.79 Å². The Morgan fingerprint density at radius 2 is 2.09 bits per heavy atom. The van der Waals surface area contributed by atoms with Crippen LogP contribution in [0.2, 0.25) is 0 Å². The van der Waals surface area contributed by atoms with Gasteiger partial charge in [-0.15, -0.1) is 22.9 Å². The lowest BCUT2D eigenvalue weighted by molar-refractivity contribution is -0.111. The molecule has 0 spiro atoms. The maximum Gasteiger partial charge on any atom is 0.226 e. The van der Waals surface area contributed by atoms with Gasteiger partial charge in [0.2, 0.25) is 5.24 Å². The van der Waals surface area contributed by atoms with E-state index in [0.29, 0.717) is 12.3 Å². The molecule has 4 heteroatoms. The van der Waals surface area contributed by atoms with Crippen molar-refractivity contribution in [2.24, 2.45) is 0 Å². The van der Waals surface area contributed by atoms with E-state index in [2.05, 4.69) is 0 Å². The van der Waals surface area contributed by atoms with Crippen LogP contribution in [0.4, 0.5) is 0 Å². The van der Waals surface area contributed by atoms with Crippen LogP contribution in [0.25, 0.3) is 0 Å². The monoisotopic (exact) mass is 208 g/mol. The molecule has 1 aromatic heterocycles. The van der Waals surface area contributed by atoms with Crippen molar-refractivity contribution in [3.8, 4) is 0 Å². The largest absolute Gasteiger partial charge is 0.281 e. The lowest BCUT2D eigenvalue weighted by Gasteiger charge is -1.86. The van der Waals surface area contributed by atoms with Gasteiger partial charge in [0.15, 0.2) is 0 Å². The second-order valence-electron chi connectivity index (χ2n) is 2.03. The van der Waals surface area contributed by atoms with Crippen LogP contribution in [0.1, 0.15) is 9.75 Å². The molecule has 0 amide bonds. The van der Waals surface area contributed by atoms with Crippen LogP contribution in [0.15, 0.2) is 12.1 Å². The fraction of sp³-hybridized carbons (Fsp3) is 0.286. The number of carbonyl (C=O) groups is 1. The minimum atomic E-state index is -0.326. The summed E-state index contributed by atoms with van der Waals surface area (Å²) in [5, 5.41) is -0.326. The van der Waals surface area contributed by atoms with E-state index in [1.165, 1.54) is 11.3 Å². The van der Waals surface area contributed by atoms with Gasteiger partial charge in [0, 0.05) is 9.75 Å². The summed E-state index contributed by atoms with van der Waals surface area (Å²) < 4.78 is 0. The van der Waals surface area contributed by atoms with Gasteiger partial charge >= 0.3 is 0 Å². The summed E-state index contributed by atoms with van der Waals surface area (Å²) >= 11 is 12.3. The molecule has 1 rings (SSSR count). The van der Waals surface area contributed by atoms with E-state index in [1.54, 1.807) is 0 Å². The maximum atomic E-state index is 10.4. The van der Waals surface area contributed by atoms with Crippen LogP contribution in [0.5, 0.6) is 0 Å². The number of carbonyl (C=O) groups excluding carboxylic acids is 1. The Kier molecular flexibility index (Phi) is 3.37. The van der Waals surface area contributed by atoms with E-state index in [1.807, 2.05) is 12.1 Å². The zero-order chi connectivity index (χ0) is 8.27. The molecule has 0 bridgehead atoms. The lowest BCUT2D eigenvalue weighted by Crippen LogP contribution is -1.88. The van der Waals surface area contributed by atoms with Gasteiger partial charge in [0.1, 0.15) is 0 Å². The van der Waals surface area contributed by atoms with Crippen LogP contribution in [-0.2, 0) is 17.1 Å². The van der Waals surface area contributed by atoms with Crippen molar-refractivity contribution in [1.82, 2.24) is 0 Å². The fourth-order valence-corrected chi connectivity index (χ4v) is 2.07. The Bertz CT molecular complexity index is 257. The van der Waals surface area contributed by atoms with Crippen LogP contribution < -0.4 is 0 Å². The van der Waals surface area contributed by atoms with Gasteiger partial charge in [0.05, 0.1) is 12.3 Å². The van der Waals surface area contributed by atoms with E-state index in [-0.39, 0.29) is 5.24 Å². The van der Waals surface area contributed by atoms with Crippen molar-refractivity contribution >= 4 is 39.8 Å². The van der Waals surface area contributed by atoms with Crippen molar-refractivity contribution in [2.45, 2.75) is 12.3 Å². The third kappa shape index (κ3) is 2.81. The maximum absolute atomic E-state index is 10.4. The highest BCUT2D eigenvalue weighted by atomic mass is 35.5. The summed E-state index contributed by atoms with van der Waals surface area (Å²) in [6.45, 7) is 0. The molecule has 0 N–H and O–H groups in total. The fourth-order valence-electron chi connectivity index (χ4n) is 0.726. The highest BCUT2D eigenvalue weighted by Crippen LogP contribution is 2.19. The van der Waals surface area contributed by atoms with E-state index in [0.717, 1.165) is 9.75 Å². The highest BCUT2D eigenvalue weighted by Gasteiger charge is 2.02. The standard InChI is InChI=1S/C7H6Cl2OS/c8-4-6-2-1-5(11-6)3-7(9)10/h1-2H,3-4H2. The molecule has 60 valence electrons. The van der Waals surface area contributed by atoms with Crippen LogP contribution in [0.3, 0.4) is 0 Å². The summed E-state index contributed by atoms with van der Waals surface area (Å²) in [4.78, 5) is 12.5. The molecule has 0 fully saturated rings. The number of hydrogen-bond acceptors (Lipinski definition) is 2. The highest BCUT2D eigenvalue weighted by molar-refractivity contribution is 7.12. The third-order valence-corrected chi connectivity index (χ3v) is 2.83. The minimum absolute atomic E-state index is 0.309. The number of thiophene rings is 1. The molecule has 0 saturated carbocycles. The van der Waals surface area contributed by atoms with Gasteiger partial charge in [-0.25, -0.2) is 0 Å². The van der Waals surface area contributed by atoms with Crippen LogP contribution in [-0.4, -0.2) is 5.24 Å². The van der Waals surface area contributed by atoms with Crippen LogP contribution in [0, 0.1) is 0 Å². The molecule has 0 unspecified atom stereocenters. The van der Waals surface area contributed by atoms with Gasteiger partial charge < -0.3 is 0 Å². The predicted molar refractivity (Wildman–Crippen MR) is 48.4 cm³/mol. The smallest absolute Gasteiger partial charge is 0.226 e. The first-order valence-corrected chi connectivity index (χ1v) is 4.77. The predicted octanol–water partition coefficient (Wildman–Crippen LogP) is 2.79. The normalized spacial score (nSPS) is 10.0. The molecule has 1 aromatic rings. The summed E-state index contributed by atoms with van der Waals surface area (Å²) in [7, 11) is 0. The summed E-state index contributed by atoms with van der Waals surface area (Å²) in [6, 6.07) is 3.79. The van der Waals surface area contributed by atoms with E-state index >= 15 is 0 Å². The molecular formula is C7H6Cl2OS. The molecule has 0 aliphatic heterocycles. The second kappa shape index (κ2) is 4.10. The van der Waals surface area contributed by atoms with Crippen molar-refractivity contribution in [2.75, 3.05) is 0 Å². The third-order valence-electron chi connectivity index (χ3n) is 1.16. The average molecular weight is 209 g/mol. The topological polar surface area (TPSA) is 17.1 Å². The molecule has 0 saturated heterocycles. The molecule has 0 aliphatic rings. The first-order valence-electron chi connectivity index (χ1n) is 3.04. The first kappa shape index (κ1) is 9.04. The second-order valence-corrected chi connectivity index (χ2v) is 3.98. The zero-order valence-electron chi connectivity index (χ0n) is 5.64. The van der Waals surface area contributed by atoms with E-state index in [9.17, 15) is 4.79 Å². The molecule has 11 heavy (non-hydrogen) atoms. The molecule has 1 nitrogen and oxygen atoms in total. The minimum Gasteiger partial charge on any atom is -0.281 e. The number of hydrogen-bond donors (Lipinski definition) is 0. The van der Waals surface area contributed by atoms with Gasteiger partial charge in [-0.2, -0.15) is 0 Å². The number of halogens is 2. The van der Waals surface area contributed by atoms with Crippen molar-refractivity contribution in [1.29, 1.82) is 0 Å².